The summed E-state index contributed by atoms with van der Waals surface area (Å²) in [5.74, 6) is 1.14. The first-order chi connectivity index (χ1) is 11.1. The second kappa shape index (κ2) is 7.59. The third kappa shape index (κ3) is 3.98. The zero-order valence-corrected chi connectivity index (χ0v) is 14.0. The number of nitro benzene ring substituents is 1. The van der Waals surface area contributed by atoms with Crippen molar-refractivity contribution in [3.63, 3.8) is 0 Å². The number of hydrogen-bond acceptors (Lipinski definition) is 6. The quantitative estimate of drug-likeness (QED) is 0.468. The summed E-state index contributed by atoms with van der Waals surface area (Å²) in [6, 6.07) is 9.77. The largest absolute Gasteiger partial charge is 0.493 e. The molecule has 2 aromatic carbocycles. The molecule has 0 aliphatic rings. The van der Waals surface area contributed by atoms with Crippen LogP contribution in [-0.4, -0.2) is 25.4 Å². The van der Waals surface area contributed by atoms with Gasteiger partial charge in [-0.1, -0.05) is 12.1 Å². The van der Waals surface area contributed by atoms with Gasteiger partial charge in [-0.25, -0.2) is 0 Å². The van der Waals surface area contributed by atoms with E-state index >= 15 is 0 Å². The summed E-state index contributed by atoms with van der Waals surface area (Å²) in [4.78, 5) is 10.5. The summed E-state index contributed by atoms with van der Waals surface area (Å²) in [6.45, 7) is 0. The number of hydrazone groups is 1. The van der Waals surface area contributed by atoms with Gasteiger partial charge in [-0.2, -0.15) is 5.10 Å². The molecule has 0 heterocycles. The van der Waals surface area contributed by atoms with Crippen molar-refractivity contribution in [2.75, 3.05) is 19.6 Å². The molecule has 0 amide bonds. The van der Waals surface area contributed by atoms with E-state index in [0.29, 0.717) is 17.2 Å². The van der Waals surface area contributed by atoms with Gasteiger partial charge in [0.2, 0.25) is 0 Å². The fourth-order valence-electron chi connectivity index (χ4n) is 1.87. The molecule has 0 fully saturated rings. The maximum Gasteiger partial charge on any atom is 0.294 e. The Kier molecular flexibility index (Phi) is 5.53. The van der Waals surface area contributed by atoms with Crippen LogP contribution in [-0.2, 0) is 0 Å². The maximum absolute atomic E-state index is 10.9. The van der Waals surface area contributed by atoms with Crippen LogP contribution in [0.15, 0.2) is 46.0 Å². The molecule has 0 aromatic heterocycles. The SMILES string of the molecule is COc1cc(Br)c(/C=N\Nc2ccccc2[N+](=O)[O-])cc1OC. The van der Waals surface area contributed by atoms with E-state index in [9.17, 15) is 10.1 Å². The molecule has 0 unspecified atom stereocenters. The van der Waals surface area contributed by atoms with Crippen molar-refractivity contribution in [3.05, 3.63) is 56.5 Å². The van der Waals surface area contributed by atoms with Gasteiger partial charge in [0, 0.05) is 16.1 Å². The van der Waals surface area contributed by atoms with E-state index in [1.54, 1.807) is 37.4 Å². The van der Waals surface area contributed by atoms with E-state index in [1.165, 1.54) is 19.4 Å². The third-order valence-corrected chi connectivity index (χ3v) is 3.68. The first-order valence-electron chi connectivity index (χ1n) is 6.51. The Hall–Kier alpha value is -2.61. The Balaban J connectivity index is 2.23. The minimum atomic E-state index is -0.468. The van der Waals surface area contributed by atoms with E-state index in [4.69, 9.17) is 9.47 Å². The van der Waals surface area contributed by atoms with Gasteiger partial charge in [0.1, 0.15) is 5.69 Å². The number of halogens is 1. The molecule has 2 rings (SSSR count). The molecule has 8 heteroatoms. The van der Waals surface area contributed by atoms with Crippen LogP contribution >= 0.6 is 15.9 Å². The van der Waals surface area contributed by atoms with Gasteiger partial charge in [-0.3, -0.25) is 15.5 Å². The van der Waals surface area contributed by atoms with Crippen LogP contribution < -0.4 is 14.9 Å². The molecule has 0 aliphatic carbocycles. The fraction of sp³-hybridized carbons (Fsp3) is 0.133. The minimum absolute atomic E-state index is 0.0453. The van der Waals surface area contributed by atoms with Crippen molar-refractivity contribution < 1.29 is 14.4 Å². The van der Waals surface area contributed by atoms with Gasteiger partial charge in [0.05, 0.1) is 25.4 Å². The highest BCUT2D eigenvalue weighted by Crippen LogP contribution is 2.32. The van der Waals surface area contributed by atoms with Crippen molar-refractivity contribution in [2.45, 2.75) is 0 Å². The molecule has 0 saturated heterocycles. The highest BCUT2D eigenvalue weighted by Gasteiger charge is 2.11. The molecule has 7 nitrogen and oxygen atoms in total. The van der Waals surface area contributed by atoms with Crippen molar-refractivity contribution in [3.8, 4) is 11.5 Å². The summed E-state index contributed by atoms with van der Waals surface area (Å²) < 4.78 is 11.2. The number of rotatable bonds is 6. The Morgan fingerprint density at radius 3 is 2.52 bits per heavy atom. The van der Waals surface area contributed by atoms with Crippen LogP contribution in [0.2, 0.25) is 0 Å². The number of nitrogens with one attached hydrogen (secondary N) is 1. The number of nitrogens with zero attached hydrogens (tertiary/aromatic N) is 2. The molecular formula is C15H14BrN3O4. The third-order valence-electron chi connectivity index (χ3n) is 2.99. The molecule has 0 saturated carbocycles. The van der Waals surface area contributed by atoms with Crippen molar-refractivity contribution in [2.24, 2.45) is 5.10 Å². The minimum Gasteiger partial charge on any atom is -0.493 e. The first kappa shape index (κ1) is 16.8. The van der Waals surface area contributed by atoms with Crippen molar-refractivity contribution in [1.82, 2.24) is 0 Å². The number of anilines is 1. The van der Waals surface area contributed by atoms with Gasteiger partial charge in [-0.05, 0) is 34.1 Å². The number of benzene rings is 2. The van der Waals surface area contributed by atoms with E-state index < -0.39 is 4.92 Å². The standard InChI is InChI=1S/C15H14BrN3O4/c1-22-14-7-10(11(16)8-15(14)23-2)9-17-18-12-5-3-4-6-13(12)19(20)21/h3-9,18H,1-2H3/b17-9-. The first-order valence-corrected chi connectivity index (χ1v) is 7.30. The number of methoxy groups -OCH3 is 2. The van der Waals surface area contributed by atoms with Crippen LogP contribution in [0.1, 0.15) is 5.56 Å². The average Bonchev–Trinajstić information content (AvgIpc) is 2.56. The normalized spacial score (nSPS) is 10.6. The number of nitro groups is 1. The average molecular weight is 380 g/mol. The Bertz CT molecular complexity index is 749. The van der Waals surface area contributed by atoms with Crippen LogP contribution in [0.25, 0.3) is 0 Å². The van der Waals surface area contributed by atoms with Gasteiger partial charge in [-0.15, -0.1) is 0 Å². The van der Waals surface area contributed by atoms with Crippen LogP contribution in [0.5, 0.6) is 11.5 Å². The summed E-state index contributed by atoms with van der Waals surface area (Å²) >= 11 is 3.41. The summed E-state index contributed by atoms with van der Waals surface area (Å²) in [5.41, 5.74) is 3.67. The predicted molar refractivity (Wildman–Crippen MR) is 91.6 cm³/mol. The molecule has 0 bridgehead atoms. The molecule has 1 N–H and O–H groups in total. The molecule has 23 heavy (non-hydrogen) atoms. The molecule has 120 valence electrons. The van der Waals surface area contributed by atoms with Crippen molar-refractivity contribution >= 4 is 33.5 Å². The molecule has 0 atom stereocenters. The van der Waals surface area contributed by atoms with Crippen LogP contribution in [0.4, 0.5) is 11.4 Å². The second-order valence-corrected chi connectivity index (χ2v) is 5.23. The smallest absolute Gasteiger partial charge is 0.294 e. The van der Waals surface area contributed by atoms with E-state index in [-0.39, 0.29) is 5.69 Å². The molecule has 0 spiro atoms. The van der Waals surface area contributed by atoms with E-state index in [0.717, 1.165) is 10.0 Å². The number of para-hydroxylation sites is 2. The van der Waals surface area contributed by atoms with Gasteiger partial charge in [0.25, 0.3) is 5.69 Å². The summed E-state index contributed by atoms with van der Waals surface area (Å²) in [6.07, 6.45) is 1.53. The number of hydrogen-bond donors (Lipinski definition) is 1. The molecule has 2 aromatic rings. The lowest BCUT2D eigenvalue weighted by atomic mass is 10.2. The Morgan fingerprint density at radius 1 is 1.22 bits per heavy atom. The van der Waals surface area contributed by atoms with E-state index in [1.807, 2.05) is 0 Å². The molecule has 0 radical (unpaired) electrons. The fourth-order valence-corrected chi connectivity index (χ4v) is 2.29. The zero-order chi connectivity index (χ0) is 16.8. The highest BCUT2D eigenvalue weighted by atomic mass is 79.9. The van der Waals surface area contributed by atoms with Gasteiger partial charge < -0.3 is 9.47 Å². The molecule has 0 aliphatic heterocycles. The molecular weight excluding hydrogens is 366 g/mol. The van der Waals surface area contributed by atoms with Gasteiger partial charge >= 0.3 is 0 Å². The topological polar surface area (TPSA) is 86.0 Å². The lowest BCUT2D eigenvalue weighted by Crippen LogP contribution is -1.97. The predicted octanol–water partition coefficient (Wildman–Crippen LogP) is 3.82. The highest BCUT2D eigenvalue weighted by molar-refractivity contribution is 9.10. The Morgan fingerprint density at radius 2 is 1.87 bits per heavy atom. The second-order valence-electron chi connectivity index (χ2n) is 4.37. The lowest BCUT2D eigenvalue weighted by Gasteiger charge is -2.09. The number of ether oxygens (including phenoxy) is 2. The summed E-state index contributed by atoms with van der Waals surface area (Å²) in [5, 5.41) is 15.0. The van der Waals surface area contributed by atoms with Crippen molar-refractivity contribution in [1.29, 1.82) is 0 Å². The lowest BCUT2D eigenvalue weighted by molar-refractivity contribution is -0.384. The van der Waals surface area contributed by atoms with E-state index in [2.05, 4.69) is 26.5 Å². The maximum atomic E-state index is 10.9. The zero-order valence-electron chi connectivity index (χ0n) is 12.4. The van der Waals surface area contributed by atoms with Crippen LogP contribution in [0.3, 0.4) is 0 Å². The monoisotopic (exact) mass is 379 g/mol. The Labute approximate surface area is 141 Å². The van der Waals surface area contributed by atoms with Gasteiger partial charge in [0.15, 0.2) is 11.5 Å². The van der Waals surface area contributed by atoms with Crippen LogP contribution in [0, 0.1) is 10.1 Å². The summed E-state index contributed by atoms with van der Waals surface area (Å²) in [7, 11) is 3.09.